The van der Waals surface area contributed by atoms with E-state index in [1.165, 1.54) is 0 Å². The molecule has 0 aromatic rings. The van der Waals surface area contributed by atoms with E-state index in [2.05, 4.69) is 18.5 Å². The lowest BCUT2D eigenvalue weighted by atomic mass is 11.7. The van der Waals surface area contributed by atoms with Crippen LogP contribution in [0.15, 0.2) is 0 Å². The Kier molecular flexibility index (Phi) is 21.9. The molecule has 72 valence electrons. The molecule has 6 nitrogen and oxygen atoms in total. The van der Waals surface area contributed by atoms with Gasteiger partial charge >= 0.3 is 7.82 Å². The topological polar surface area (TPSA) is 118 Å². The zero-order valence-electron chi connectivity index (χ0n) is 5.66. The molecule has 11 heavy (non-hydrogen) atoms. The molecule has 0 rings (SSSR count). The van der Waals surface area contributed by atoms with Gasteiger partial charge in [0, 0.05) is 0 Å². The van der Waals surface area contributed by atoms with Crippen LogP contribution < -0.4 is 0 Å². The van der Waals surface area contributed by atoms with E-state index < -0.39 is 7.82 Å². The Bertz CT molecular complexity index is 79.6. The number of hydrogen-bond donors (Lipinski definition) is 5. The summed E-state index contributed by atoms with van der Waals surface area (Å²) in [6, 6.07) is 0. The lowest BCUT2D eigenvalue weighted by Crippen LogP contribution is -1.66. The standard InChI is InChI=1S/2CH5OP.H3O4P/c2*2-1-3;1-5(2,3)4/h2*2H,1,3H2;(H3,1,2,3,4). The first kappa shape index (κ1) is 17.8. The minimum atomic E-state index is -4.64. The second kappa shape index (κ2) is 13.5. The molecule has 0 aromatic carbocycles. The van der Waals surface area contributed by atoms with Crippen molar-refractivity contribution in [2.45, 2.75) is 0 Å². The first-order chi connectivity index (χ1) is 4.83. The van der Waals surface area contributed by atoms with Gasteiger partial charge in [-0.3, -0.25) is 0 Å². The molecule has 0 saturated heterocycles. The van der Waals surface area contributed by atoms with E-state index in [0.29, 0.717) is 0 Å². The van der Waals surface area contributed by atoms with Gasteiger partial charge in [0.25, 0.3) is 0 Å². The number of aliphatic hydroxyl groups is 2. The molecule has 0 aliphatic rings. The Hall–Kier alpha value is 0.890. The van der Waals surface area contributed by atoms with Crippen LogP contribution in [-0.4, -0.2) is 37.6 Å². The molecule has 0 radical (unpaired) electrons. The first-order valence-electron chi connectivity index (χ1n) is 2.23. The molecule has 0 heterocycles. The maximum atomic E-state index is 8.88. The third kappa shape index (κ3) is 1090. The SMILES string of the molecule is O=P(O)(O)O.OCP.OCP. The second-order valence-electron chi connectivity index (χ2n) is 0.878. The second-order valence-corrected chi connectivity index (χ2v) is 2.64. The summed E-state index contributed by atoms with van der Waals surface area (Å²) in [5, 5.41) is 15.1. The fourth-order valence-corrected chi connectivity index (χ4v) is 0. The zero-order chi connectivity index (χ0) is 9.91. The van der Waals surface area contributed by atoms with Crippen molar-refractivity contribution in [1.82, 2.24) is 0 Å². The highest BCUT2D eigenvalue weighted by Gasteiger charge is 2.00. The van der Waals surface area contributed by atoms with E-state index in [-0.39, 0.29) is 12.7 Å². The summed E-state index contributed by atoms with van der Waals surface area (Å²) in [5.41, 5.74) is 0. The molecule has 0 fully saturated rings. The van der Waals surface area contributed by atoms with Gasteiger partial charge in [0.2, 0.25) is 0 Å². The molecule has 0 aromatic heterocycles. The van der Waals surface area contributed by atoms with Crippen LogP contribution >= 0.6 is 26.3 Å². The summed E-state index contributed by atoms with van der Waals surface area (Å²) in [4.78, 5) is 21.6. The summed E-state index contributed by atoms with van der Waals surface area (Å²) in [5.74, 6) is 0. The van der Waals surface area contributed by atoms with Gasteiger partial charge in [0.1, 0.15) is 0 Å². The maximum absolute atomic E-state index is 8.88. The number of rotatable bonds is 0. The van der Waals surface area contributed by atoms with Gasteiger partial charge in [-0.1, -0.05) is 0 Å². The summed E-state index contributed by atoms with van der Waals surface area (Å²) < 4.78 is 8.88. The highest BCUT2D eigenvalue weighted by atomic mass is 31.2. The van der Waals surface area contributed by atoms with Crippen LogP contribution in [0.25, 0.3) is 0 Å². The Balaban J connectivity index is -0.0000000933. The summed E-state index contributed by atoms with van der Waals surface area (Å²) in [7, 11) is -0.370. The van der Waals surface area contributed by atoms with Gasteiger partial charge in [-0.2, -0.15) is 0 Å². The predicted molar refractivity (Wildman–Crippen MR) is 47.9 cm³/mol. The van der Waals surface area contributed by atoms with E-state index in [4.69, 9.17) is 29.5 Å². The average molecular weight is 226 g/mol. The van der Waals surface area contributed by atoms with E-state index in [1.807, 2.05) is 0 Å². The van der Waals surface area contributed by atoms with Crippen LogP contribution in [-0.2, 0) is 4.57 Å². The van der Waals surface area contributed by atoms with Crippen molar-refractivity contribution in [3.8, 4) is 0 Å². The molecule has 2 atom stereocenters. The Morgan fingerprint density at radius 2 is 1.00 bits per heavy atom. The van der Waals surface area contributed by atoms with Crippen LogP contribution in [0.5, 0.6) is 0 Å². The van der Waals surface area contributed by atoms with Crippen LogP contribution in [0.1, 0.15) is 0 Å². The van der Waals surface area contributed by atoms with Crippen molar-refractivity contribution in [1.29, 1.82) is 0 Å². The molecule has 5 N–H and O–H groups in total. The Morgan fingerprint density at radius 3 is 1.00 bits per heavy atom. The van der Waals surface area contributed by atoms with Gasteiger partial charge in [0.05, 0.1) is 12.7 Å². The monoisotopic (exact) mass is 226 g/mol. The molecule has 9 heteroatoms. The third-order valence-electron chi connectivity index (χ3n) is 0. The molecular formula is C2H13O6P3. The van der Waals surface area contributed by atoms with Crippen LogP contribution in [0.2, 0.25) is 0 Å². The Labute approximate surface area is 69.3 Å². The molecule has 2 unspecified atom stereocenters. The van der Waals surface area contributed by atoms with E-state index in [0.717, 1.165) is 0 Å². The minimum absolute atomic E-state index is 0.167. The van der Waals surface area contributed by atoms with Crippen molar-refractivity contribution in [3.63, 3.8) is 0 Å². The van der Waals surface area contributed by atoms with Crippen molar-refractivity contribution in [2.24, 2.45) is 0 Å². The molecule has 0 amide bonds. The lowest BCUT2D eigenvalue weighted by Gasteiger charge is -1.82. The van der Waals surface area contributed by atoms with Crippen molar-refractivity contribution in [3.05, 3.63) is 0 Å². The smallest absolute Gasteiger partial charge is 0.392 e. The van der Waals surface area contributed by atoms with Gasteiger partial charge in [-0.05, 0) is 0 Å². The summed E-state index contributed by atoms with van der Waals surface area (Å²) in [6.45, 7) is 0. The zero-order valence-corrected chi connectivity index (χ0v) is 8.86. The van der Waals surface area contributed by atoms with Gasteiger partial charge < -0.3 is 24.9 Å². The number of aliphatic hydroxyl groups excluding tert-OH is 2. The fraction of sp³-hybridized carbons (Fsp3) is 1.00. The molecule has 0 saturated carbocycles. The molecule has 0 aliphatic heterocycles. The van der Waals surface area contributed by atoms with Crippen LogP contribution in [0.3, 0.4) is 0 Å². The highest BCUT2D eigenvalue weighted by molar-refractivity contribution is 7.45. The fourth-order valence-electron chi connectivity index (χ4n) is 0. The van der Waals surface area contributed by atoms with Crippen molar-refractivity contribution >= 4 is 26.3 Å². The quantitative estimate of drug-likeness (QED) is 0.327. The summed E-state index contributed by atoms with van der Waals surface area (Å²) in [6.07, 6.45) is 0.333. The maximum Gasteiger partial charge on any atom is 0.466 e. The molecular weight excluding hydrogens is 213 g/mol. The molecule has 0 spiro atoms. The van der Waals surface area contributed by atoms with Gasteiger partial charge in [0.15, 0.2) is 0 Å². The number of hydrogen-bond acceptors (Lipinski definition) is 3. The minimum Gasteiger partial charge on any atom is -0.392 e. The van der Waals surface area contributed by atoms with Crippen LogP contribution in [0.4, 0.5) is 0 Å². The van der Waals surface area contributed by atoms with E-state index in [9.17, 15) is 0 Å². The van der Waals surface area contributed by atoms with Crippen LogP contribution in [0, 0.1) is 0 Å². The Morgan fingerprint density at radius 1 is 1.00 bits per heavy atom. The first-order valence-corrected chi connectivity index (χ1v) is 5.43. The highest BCUT2D eigenvalue weighted by Crippen LogP contribution is 2.25. The predicted octanol–water partition coefficient (Wildman–Crippen LogP) is -1.31. The van der Waals surface area contributed by atoms with Gasteiger partial charge in [-0.25, -0.2) is 4.57 Å². The van der Waals surface area contributed by atoms with Gasteiger partial charge in [-0.15, -0.1) is 18.5 Å². The molecule has 0 bridgehead atoms. The number of phosphoric acid groups is 1. The van der Waals surface area contributed by atoms with E-state index in [1.54, 1.807) is 0 Å². The normalized spacial score (nSPS) is 8.64. The largest absolute Gasteiger partial charge is 0.466 e. The molecule has 0 aliphatic carbocycles. The average Bonchev–Trinajstić information content (AvgIpc) is 1.62. The lowest BCUT2D eigenvalue weighted by molar-refractivity contribution is 0.275. The van der Waals surface area contributed by atoms with E-state index >= 15 is 0 Å². The summed E-state index contributed by atoms with van der Waals surface area (Å²) >= 11 is 0. The third-order valence-corrected chi connectivity index (χ3v) is 0. The van der Waals surface area contributed by atoms with Crippen molar-refractivity contribution in [2.75, 3.05) is 12.7 Å². The van der Waals surface area contributed by atoms with Crippen molar-refractivity contribution < 1.29 is 29.5 Å².